The van der Waals surface area contributed by atoms with Crippen LogP contribution in [0.3, 0.4) is 0 Å². The number of rotatable bonds is 4. The van der Waals surface area contributed by atoms with Crippen molar-refractivity contribution in [2.45, 2.75) is 38.6 Å². The molecule has 0 radical (unpaired) electrons. The fourth-order valence-electron chi connectivity index (χ4n) is 2.49. The minimum Gasteiger partial charge on any atom is -0.344 e. The predicted octanol–water partition coefficient (Wildman–Crippen LogP) is 2.14. The molecule has 1 saturated heterocycles. The van der Waals surface area contributed by atoms with Crippen LogP contribution in [0.5, 0.6) is 0 Å². The van der Waals surface area contributed by atoms with Gasteiger partial charge in [0.05, 0.1) is 6.04 Å². The molecule has 19 heavy (non-hydrogen) atoms. The third kappa shape index (κ3) is 4.06. The van der Waals surface area contributed by atoms with Gasteiger partial charge in [0, 0.05) is 13.6 Å². The van der Waals surface area contributed by atoms with Crippen molar-refractivity contribution >= 4 is 5.91 Å². The van der Waals surface area contributed by atoms with Crippen LogP contribution in [0.1, 0.15) is 30.4 Å². The lowest BCUT2D eigenvalue weighted by Crippen LogP contribution is -2.47. The van der Waals surface area contributed by atoms with E-state index in [-0.39, 0.29) is 11.9 Å². The molecule has 1 heterocycles. The summed E-state index contributed by atoms with van der Waals surface area (Å²) in [5.74, 6) is 0.242. The standard InChI is InChI=1S/C16H24N2O/c1-13-6-8-14(9-7-13)10-12-18(2)16(19)15-5-3-4-11-17-15/h6-9,15,17H,3-5,10-12H2,1-2H3. The molecule has 0 aliphatic carbocycles. The van der Waals surface area contributed by atoms with E-state index in [9.17, 15) is 4.79 Å². The van der Waals surface area contributed by atoms with Gasteiger partial charge in [0.15, 0.2) is 0 Å². The van der Waals surface area contributed by atoms with E-state index in [2.05, 4.69) is 36.5 Å². The van der Waals surface area contributed by atoms with E-state index in [0.29, 0.717) is 0 Å². The van der Waals surface area contributed by atoms with Gasteiger partial charge < -0.3 is 10.2 Å². The Morgan fingerprint density at radius 1 is 1.32 bits per heavy atom. The Balaban J connectivity index is 1.81. The van der Waals surface area contributed by atoms with Crippen molar-refractivity contribution in [1.82, 2.24) is 10.2 Å². The molecule has 3 nitrogen and oxygen atoms in total. The molecule has 0 bridgehead atoms. The van der Waals surface area contributed by atoms with Crippen LogP contribution in [0.15, 0.2) is 24.3 Å². The Hall–Kier alpha value is -1.35. The molecular formula is C16H24N2O. The van der Waals surface area contributed by atoms with Gasteiger partial charge >= 0.3 is 0 Å². The van der Waals surface area contributed by atoms with E-state index < -0.39 is 0 Å². The van der Waals surface area contributed by atoms with E-state index in [1.165, 1.54) is 17.5 Å². The first-order chi connectivity index (χ1) is 9.16. The summed E-state index contributed by atoms with van der Waals surface area (Å²) in [5, 5.41) is 3.31. The van der Waals surface area contributed by atoms with Crippen LogP contribution in [0.2, 0.25) is 0 Å². The van der Waals surface area contributed by atoms with Gasteiger partial charge in [-0.3, -0.25) is 4.79 Å². The average Bonchev–Trinajstić information content (AvgIpc) is 2.46. The van der Waals surface area contributed by atoms with Gasteiger partial charge in [-0.1, -0.05) is 36.2 Å². The number of benzene rings is 1. The van der Waals surface area contributed by atoms with Crippen LogP contribution in [0.25, 0.3) is 0 Å². The summed E-state index contributed by atoms with van der Waals surface area (Å²) in [6.07, 6.45) is 4.26. The van der Waals surface area contributed by atoms with Gasteiger partial charge in [-0.15, -0.1) is 0 Å². The zero-order valence-electron chi connectivity index (χ0n) is 12.0. The number of likely N-dealkylation sites (N-methyl/N-ethyl adjacent to an activating group) is 1. The smallest absolute Gasteiger partial charge is 0.239 e. The minimum absolute atomic E-state index is 0.0387. The number of hydrogen-bond acceptors (Lipinski definition) is 2. The van der Waals surface area contributed by atoms with Crippen molar-refractivity contribution in [2.24, 2.45) is 0 Å². The van der Waals surface area contributed by atoms with Gasteiger partial charge in [-0.05, 0) is 38.3 Å². The summed E-state index contributed by atoms with van der Waals surface area (Å²) in [6.45, 7) is 3.86. The maximum atomic E-state index is 12.2. The number of aryl methyl sites for hydroxylation is 1. The summed E-state index contributed by atoms with van der Waals surface area (Å²) in [6, 6.07) is 8.58. The number of amides is 1. The van der Waals surface area contributed by atoms with Gasteiger partial charge in [0.2, 0.25) is 5.91 Å². The second kappa shape index (κ2) is 6.71. The second-order valence-electron chi connectivity index (χ2n) is 5.50. The quantitative estimate of drug-likeness (QED) is 0.899. The van der Waals surface area contributed by atoms with Crippen LogP contribution in [-0.2, 0) is 11.2 Å². The lowest BCUT2D eigenvalue weighted by atomic mass is 10.0. The summed E-state index contributed by atoms with van der Waals surface area (Å²) in [7, 11) is 1.91. The monoisotopic (exact) mass is 260 g/mol. The Kier molecular flexibility index (Phi) is 4.97. The zero-order chi connectivity index (χ0) is 13.7. The number of piperidine rings is 1. The largest absolute Gasteiger partial charge is 0.344 e. The zero-order valence-corrected chi connectivity index (χ0v) is 12.0. The molecule has 1 unspecified atom stereocenters. The lowest BCUT2D eigenvalue weighted by molar-refractivity contribution is -0.132. The molecule has 1 N–H and O–H groups in total. The molecule has 1 aromatic carbocycles. The van der Waals surface area contributed by atoms with Crippen LogP contribution in [0, 0.1) is 6.92 Å². The molecule has 3 heteroatoms. The molecule has 1 aliphatic rings. The Morgan fingerprint density at radius 2 is 2.05 bits per heavy atom. The minimum atomic E-state index is 0.0387. The third-order valence-electron chi connectivity index (χ3n) is 3.84. The highest BCUT2D eigenvalue weighted by Crippen LogP contribution is 2.10. The molecule has 2 rings (SSSR count). The van der Waals surface area contributed by atoms with Crippen molar-refractivity contribution in [3.8, 4) is 0 Å². The van der Waals surface area contributed by atoms with Crippen molar-refractivity contribution in [2.75, 3.05) is 20.1 Å². The van der Waals surface area contributed by atoms with Crippen molar-refractivity contribution < 1.29 is 4.79 Å². The molecule has 0 aromatic heterocycles. The first kappa shape index (κ1) is 14.1. The van der Waals surface area contributed by atoms with Crippen LogP contribution in [0.4, 0.5) is 0 Å². The van der Waals surface area contributed by atoms with Crippen molar-refractivity contribution in [3.63, 3.8) is 0 Å². The number of carbonyl (C=O) groups excluding carboxylic acids is 1. The van der Waals surface area contributed by atoms with E-state index in [4.69, 9.17) is 0 Å². The van der Waals surface area contributed by atoms with E-state index in [1.807, 2.05) is 11.9 Å². The van der Waals surface area contributed by atoms with Crippen molar-refractivity contribution in [3.05, 3.63) is 35.4 Å². The molecule has 0 spiro atoms. The molecule has 1 aliphatic heterocycles. The highest BCUT2D eigenvalue weighted by Gasteiger charge is 2.23. The average molecular weight is 260 g/mol. The molecule has 1 aromatic rings. The lowest BCUT2D eigenvalue weighted by Gasteiger charge is -2.27. The van der Waals surface area contributed by atoms with E-state index in [0.717, 1.165) is 32.4 Å². The van der Waals surface area contributed by atoms with Gasteiger partial charge in [-0.25, -0.2) is 0 Å². The van der Waals surface area contributed by atoms with Gasteiger partial charge in [-0.2, -0.15) is 0 Å². The SMILES string of the molecule is Cc1ccc(CCN(C)C(=O)C2CCCCN2)cc1. The van der Waals surface area contributed by atoms with Crippen molar-refractivity contribution in [1.29, 1.82) is 0 Å². The Bertz CT molecular complexity index is 407. The van der Waals surface area contributed by atoms with E-state index >= 15 is 0 Å². The fourth-order valence-corrected chi connectivity index (χ4v) is 2.49. The van der Waals surface area contributed by atoms with Crippen LogP contribution < -0.4 is 5.32 Å². The summed E-state index contributed by atoms with van der Waals surface area (Å²) < 4.78 is 0. The summed E-state index contributed by atoms with van der Waals surface area (Å²) >= 11 is 0. The Morgan fingerprint density at radius 3 is 2.68 bits per heavy atom. The Labute approximate surface area is 116 Å². The van der Waals surface area contributed by atoms with Gasteiger partial charge in [0.25, 0.3) is 0 Å². The number of nitrogens with zero attached hydrogens (tertiary/aromatic N) is 1. The number of carbonyl (C=O) groups is 1. The first-order valence-electron chi connectivity index (χ1n) is 7.21. The van der Waals surface area contributed by atoms with Crippen LogP contribution >= 0.6 is 0 Å². The van der Waals surface area contributed by atoms with Crippen LogP contribution in [-0.4, -0.2) is 37.0 Å². The van der Waals surface area contributed by atoms with E-state index in [1.54, 1.807) is 0 Å². The summed E-state index contributed by atoms with van der Waals surface area (Å²) in [5.41, 5.74) is 2.57. The third-order valence-corrected chi connectivity index (χ3v) is 3.84. The molecule has 1 atom stereocenters. The summed E-state index contributed by atoms with van der Waals surface area (Å²) in [4.78, 5) is 14.1. The van der Waals surface area contributed by atoms with Gasteiger partial charge in [0.1, 0.15) is 0 Å². The topological polar surface area (TPSA) is 32.3 Å². The highest BCUT2D eigenvalue weighted by atomic mass is 16.2. The molecular weight excluding hydrogens is 236 g/mol. The maximum absolute atomic E-state index is 12.2. The molecule has 1 amide bonds. The highest BCUT2D eigenvalue weighted by molar-refractivity contribution is 5.81. The molecule has 1 fully saturated rings. The molecule has 0 saturated carbocycles. The molecule has 104 valence electrons. The first-order valence-corrected chi connectivity index (χ1v) is 7.21. The second-order valence-corrected chi connectivity index (χ2v) is 5.50. The fraction of sp³-hybridized carbons (Fsp3) is 0.562. The maximum Gasteiger partial charge on any atom is 0.239 e. The number of nitrogens with one attached hydrogen (secondary N) is 1. The predicted molar refractivity (Wildman–Crippen MR) is 78.2 cm³/mol. The number of hydrogen-bond donors (Lipinski definition) is 1. The normalized spacial score (nSPS) is 19.2.